The first-order valence-electron chi connectivity index (χ1n) is 4.11. The minimum atomic E-state index is -0.544. The Bertz CT molecular complexity index is 116. The van der Waals surface area contributed by atoms with Crippen molar-refractivity contribution in [3.63, 3.8) is 0 Å². The van der Waals surface area contributed by atoms with Crippen molar-refractivity contribution in [2.24, 2.45) is 0 Å². The zero-order chi connectivity index (χ0) is 8.32. The maximum atomic E-state index is 9.35. The third-order valence-electron chi connectivity index (χ3n) is 1.81. The Balaban J connectivity index is 1.95. The number of hydrogen-bond acceptors (Lipinski definition) is 3. The van der Waals surface area contributed by atoms with Crippen molar-refractivity contribution >= 4 is 0 Å². The fraction of sp³-hybridized carbons (Fsp3) is 1.00. The molecule has 1 heterocycles. The van der Waals surface area contributed by atoms with Crippen LogP contribution in [-0.2, 0) is 4.74 Å². The SMILES string of the molecule is CC(C)(O)CCNC1COC1. The smallest absolute Gasteiger partial charge is 0.0643 e. The van der Waals surface area contributed by atoms with E-state index < -0.39 is 5.60 Å². The Labute approximate surface area is 67.7 Å². The van der Waals surface area contributed by atoms with Gasteiger partial charge in [0.15, 0.2) is 0 Å². The van der Waals surface area contributed by atoms with Crippen molar-refractivity contribution in [1.29, 1.82) is 0 Å². The summed E-state index contributed by atoms with van der Waals surface area (Å²) in [4.78, 5) is 0. The highest BCUT2D eigenvalue weighted by atomic mass is 16.5. The molecule has 1 aliphatic rings. The van der Waals surface area contributed by atoms with E-state index in [2.05, 4.69) is 5.32 Å². The number of rotatable bonds is 4. The standard InChI is InChI=1S/C8H17NO2/c1-8(2,10)3-4-9-7-5-11-6-7/h7,9-10H,3-6H2,1-2H3. The maximum Gasteiger partial charge on any atom is 0.0643 e. The van der Waals surface area contributed by atoms with Crippen molar-refractivity contribution in [2.75, 3.05) is 19.8 Å². The van der Waals surface area contributed by atoms with Crippen LogP contribution in [0, 0.1) is 0 Å². The number of ether oxygens (including phenoxy) is 1. The van der Waals surface area contributed by atoms with Crippen LogP contribution < -0.4 is 5.32 Å². The minimum absolute atomic E-state index is 0.525. The lowest BCUT2D eigenvalue weighted by Gasteiger charge is -2.28. The molecule has 1 fully saturated rings. The molecule has 0 atom stereocenters. The van der Waals surface area contributed by atoms with Crippen molar-refractivity contribution in [3.05, 3.63) is 0 Å². The topological polar surface area (TPSA) is 41.5 Å². The predicted octanol–water partition coefficient (Wildman–Crippen LogP) is 0.136. The predicted molar refractivity (Wildman–Crippen MR) is 43.5 cm³/mol. The lowest BCUT2D eigenvalue weighted by molar-refractivity contribution is -0.00876. The lowest BCUT2D eigenvalue weighted by Crippen LogP contribution is -2.47. The highest BCUT2D eigenvalue weighted by Gasteiger charge is 2.18. The molecule has 1 saturated heterocycles. The summed E-state index contributed by atoms with van der Waals surface area (Å²) in [5, 5.41) is 12.6. The van der Waals surface area contributed by atoms with E-state index in [0.717, 1.165) is 26.2 Å². The van der Waals surface area contributed by atoms with E-state index in [-0.39, 0.29) is 0 Å². The summed E-state index contributed by atoms with van der Waals surface area (Å²) >= 11 is 0. The van der Waals surface area contributed by atoms with Crippen molar-refractivity contribution in [3.8, 4) is 0 Å². The zero-order valence-corrected chi connectivity index (χ0v) is 7.26. The highest BCUT2D eigenvalue weighted by Crippen LogP contribution is 2.06. The van der Waals surface area contributed by atoms with Crippen LogP contribution in [0.1, 0.15) is 20.3 Å². The summed E-state index contributed by atoms with van der Waals surface area (Å²) in [6.45, 7) is 6.17. The summed E-state index contributed by atoms with van der Waals surface area (Å²) in [5.41, 5.74) is -0.544. The molecule has 0 amide bonds. The molecule has 0 aliphatic carbocycles. The average Bonchev–Trinajstić information content (AvgIpc) is 1.73. The van der Waals surface area contributed by atoms with Gasteiger partial charge in [0.25, 0.3) is 0 Å². The maximum absolute atomic E-state index is 9.35. The average molecular weight is 159 g/mol. The van der Waals surface area contributed by atoms with Gasteiger partial charge in [0, 0.05) is 0 Å². The first-order chi connectivity index (χ1) is 5.08. The summed E-state index contributed by atoms with van der Waals surface area (Å²) in [6.07, 6.45) is 0.795. The van der Waals surface area contributed by atoms with Crippen LogP contribution >= 0.6 is 0 Å². The molecule has 0 aromatic rings. The molecule has 3 heteroatoms. The zero-order valence-electron chi connectivity index (χ0n) is 7.26. The van der Waals surface area contributed by atoms with Gasteiger partial charge < -0.3 is 15.2 Å². The summed E-state index contributed by atoms with van der Waals surface area (Å²) in [7, 11) is 0. The Morgan fingerprint density at radius 3 is 2.55 bits per heavy atom. The first-order valence-corrected chi connectivity index (χ1v) is 4.11. The van der Waals surface area contributed by atoms with Crippen LogP contribution in [0.15, 0.2) is 0 Å². The van der Waals surface area contributed by atoms with Gasteiger partial charge in [0.1, 0.15) is 0 Å². The molecule has 0 bridgehead atoms. The second-order valence-electron chi connectivity index (χ2n) is 3.75. The van der Waals surface area contributed by atoms with Crippen molar-refractivity contribution < 1.29 is 9.84 Å². The number of hydrogen-bond donors (Lipinski definition) is 2. The fourth-order valence-electron chi connectivity index (χ4n) is 0.936. The normalized spacial score (nSPS) is 19.9. The van der Waals surface area contributed by atoms with Gasteiger partial charge in [-0.25, -0.2) is 0 Å². The van der Waals surface area contributed by atoms with E-state index in [4.69, 9.17) is 4.74 Å². The van der Waals surface area contributed by atoms with Gasteiger partial charge >= 0.3 is 0 Å². The quantitative estimate of drug-likeness (QED) is 0.613. The van der Waals surface area contributed by atoms with E-state index >= 15 is 0 Å². The van der Waals surface area contributed by atoms with Crippen LogP contribution in [0.25, 0.3) is 0 Å². The van der Waals surface area contributed by atoms with Crippen LogP contribution in [-0.4, -0.2) is 36.5 Å². The molecule has 0 unspecified atom stereocenters. The van der Waals surface area contributed by atoms with Gasteiger partial charge in [0.2, 0.25) is 0 Å². The van der Waals surface area contributed by atoms with Crippen molar-refractivity contribution in [1.82, 2.24) is 5.32 Å². The Kier molecular flexibility index (Phi) is 2.87. The van der Waals surface area contributed by atoms with Gasteiger partial charge in [-0.15, -0.1) is 0 Å². The van der Waals surface area contributed by atoms with Gasteiger partial charge in [-0.05, 0) is 26.8 Å². The molecule has 0 aromatic heterocycles. The Morgan fingerprint density at radius 1 is 1.55 bits per heavy atom. The van der Waals surface area contributed by atoms with E-state index in [1.165, 1.54) is 0 Å². The molecular formula is C8H17NO2. The van der Waals surface area contributed by atoms with E-state index in [9.17, 15) is 5.11 Å². The van der Waals surface area contributed by atoms with Crippen LogP contribution in [0.5, 0.6) is 0 Å². The molecule has 11 heavy (non-hydrogen) atoms. The van der Waals surface area contributed by atoms with Gasteiger partial charge in [-0.2, -0.15) is 0 Å². The van der Waals surface area contributed by atoms with E-state index in [1.807, 2.05) is 13.8 Å². The van der Waals surface area contributed by atoms with Gasteiger partial charge in [-0.1, -0.05) is 0 Å². The molecule has 1 rings (SSSR count). The second-order valence-corrected chi connectivity index (χ2v) is 3.75. The van der Waals surface area contributed by atoms with Crippen LogP contribution in [0.4, 0.5) is 0 Å². The first kappa shape index (κ1) is 8.97. The minimum Gasteiger partial charge on any atom is -0.390 e. The Morgan fingerprint density at radius 2 is 2.18 bits per heavy atom. The number of aliphatic hydroxyl groups is 1. The van der Waals surface area contributed by atoms with E-state index in [0.29, 0.717) is 6.04 Å². The Hall–Kier alpha value is -0.120. The summed E-state index contributed by atoms with van der Waals surface area (Å²) in [5.74, 6) is 0. The molecule has 3 nitrogen and oxygen atoms in total. The van der Waals surface area contributed by atoms with Crippen molar-refractivity contribution in [2.45, 2.75) is 31.9 Å². The van der Waals surface area contributed by atoms with Gasteiger partial charge in [-0.3, -0.25) is 0 Å². The molecule has 1 aliphatic heterocycles. The third kappa shape index (κ3) is 3.70. The van der Waals surface area contributed by atoms with Crippen LogP contribution in [0.3, 0.4) is 0 Å². The molecule has 0 spiro atoms. The second kappa shape index (κ2) is 3.52. The van der Waals surface area contributed by atoms with Crippen LogP contribution in [0.2, 0.25) is 0 Å². The summed E-state index contributed by atoms with van der Waals surface area (Å²) in [6, 6.07) is 0.525. The largest absolute Gasteiger partial charge is 0.390 e. The summed E-state index contributed by atoms with van der Waals surface area (Å²) < 4.78 is 4.99. The van der Waals surface area contributed by atoms with Gasteiger partial charge in [0.05, 0.1) is 24.9 Å². The van der Waals surface area contributed by atoms with E-state index in [1.54, 1.807) is 0 Å². The molecule has 0 saturated carbocycles. The molecule has 0 aromatic carbocycles. The molecular weight excluding hydrogens is 142 g/mol. The fourth-order valence-corrected chi connectivity index (χ4v) is 0.936. The molecule has 2 N–H and O–H groups in total. The highest BCUT2D eigenvalue weighted by molar-refractivity contribution is 4.75. The number of nitrogens with one attached hydrogen (secondary N) is 1. The third-order valence-corrected chi connectivity index (χ3v) is 1.81. The molecule has 66 valence electrons. The molecule has 0 radical (unpaired) electrons. The monoisotopic (exact) mass is 159 g/mol. The lowest BCUT2D eigenvalue weighted by atomic mass is 10.1.